The van der Waals surface area contributed by atoms with Crippen molar-refractivity contribution in [1.29, 1.82) is 0 Å². The van der Waals surface area contributed by atoms with Crippen molar-refractivity contribution in [2.45, 2.75) is 50.4 Å². The van der Waals surface area contributed by atoms with Crippen molar-refractivity contribution in [3.05, 3.63) is 59.7 Å². The Morgan fingerprint density at radius 1 is 1.12 bits per heavy atom. The van der Waals surface area contributed by atoms with E-state index < -0.39 is 0 Å². The second-order valence-electron chi connectivity index (χ2n) is 8.87. The summed E-state index contributed by atoms with van der Waals surface area (Å²) in [4.78, 5) is 15.5. The van der Waals surface area contributed by atoms with Gasteiger partial charge < -0.3 is 19.5 Å². The molecule has 0 bridgehead atoms. The average molecular weight is 438 g/mol. The summed E-state index contributed by atoms with van der Waals surface area (Å²) in [6.07, 6.45) is 3.04. The van der Waals surface area contributed by atoms with Crippen molar-refractivity contribution in [1.82, 2.24) is 15.8 Å². The van der Waals surface area contributed by atoms with E-state index in [1.165, 1.54) is 0 Å². The van der Waals surface area contributed by atoms with Crippen LogP contribution in [0.25, 0.3) is 0 Å². The molecule has 5 atom stereocenters. The number of carbonyl (C=O) groups excluding carboxylic acids is 1. The molecule has 3 aliphatic heterocycles. The molecule has 3 N–H and O–H groups in total. The molecule has 3 heterocycles. The van der Waals surface area contributed by atoms with E-state index in [9.17, 15) is 9.90 Å². The number of nitrogens with one attached hydrogen (secondary N) is 2. The summed E-state index contributed by atoms with van der Waals surface area (Å²) in [6.45, 7) is 4.11. The number of likely N-dealkylation sites (tertiary alicyclic amines) is 1. The molecule has 32 heavy (non-hydrogen) atoms. The molecule has 0 radical (unpaired) electrons. The number of nitrogens with zero attached hydrogens (tertiary/aromatic N) is 1. The number of fused-ring (bicyclic) bond motifs is 1. The molecule has 0 saturated carbocycles. The number of rotatable bonds is 7. The standard InChI is InChI=1S/C25H31N3O4/c1-2-13-31-17-11-9-16(10-12-17)24-21-22(19-7-3-4-8-20(19)29)26-27-23(21)25(30)28(24)15-18-6-5-14-32-18/h3-4,7-12,18,21-24,26-27,29H,2,5-6,13-15H2,1H3. The first-order valence-corrected chi connectivity index (χ1v) is 11.6. The number of carbonyl (C=O) groups is 1. The van der Waals surface area contributed by atoms with Gasteiger partial charge in [-0.05, 0) is 43.0 Å². The zero-order chi connectivity index (χ0) is 22.1. The second-order valence-corrected chi connectivity index (χ2v) is 8.87. The number of hydrazine groups is 1. The molecule has 7 nitrogen and oxygen atoms in total. The van der Waals surface area contributed by atoms with Crippen LogP contribution in [0, 0.1) is 5.92 Å². The lowest BCUT2D eigenvalue weighted by molar-refractivity contribution is -0.132. The van der Waals surface area contributed by atoms with Crippen LogP contribution in [0.5, 0.6) is 11.5 Å². The third-order valence-electron chi connectivity index (χ3n) is 6.80. The minimum Gasteiger partial charge on any atom is -0.508 e. The summed E-state index contributed by atoms with van der Waals surface area (Å²) >= 11 is 0. The van der Waals surface area contributed by atoms with Gasteiger partial charge in [0.1, 0.15) is 17.5 Å². The molecule has 170 valence electrons. The number of hydrogen-bond donors (Lipinski definition) is 3. The number of hydrogen-bond acceptors (Lipinski definition) is 6. The average Bonchev–Trinajstić information content (AvgIpc) is 3.53. The van der Waals surface area contributed by atoms with Gasteiger partial charge in [0.2, 0.25) is 5.91 Å². The third kappa shape index (κ3) is 3.85. The Morgan fingerprint density at radius 2 is 1.91 bits per heavy atom. The van der Waals surface area contributed by atoms with Crippen molar-refractivity contribution in [2.24, 2.45) is 5.92 Å². The fourth-order valence-corrected chi connectivity index (χ4v) is 5.31. The highest BCUT2D eigenvalue weighted by atomic mass is 16.5. The smallest absolute Gasteiger partial charge is 0.242 e. The van der Waals surface area contributed by atoms with E-state index in [0.717, 1.165) is 42.7 Å². The fourth-order valence-electron chi connectivity index (χ4n) is 5.31. The summed E-state index contributed by atoms with van der Waals surface area (Å²) in [6, 6.07) is 14.8. The van der Waals surface area contributed by atoms with Gasteiger partial charge in [0, 0.05) is 24.6 Å². The number of aromatic hydroxyl groups is 1. The molecule has 3 aliphatic rings. The Bertz CT molecular complexity index is 944. The molecule has 3 saturated heterocycles. The Kier molecular flexibility index (Phi) is 6.04. The minimum absolute atomic E-state index is 0.0698. The molecule has 5 unspecified atom stereocenters. The number of ether oxygens (including phenoxy) is 2. The Labute approximate surface area is 188 Å². The maximum atomic E-state index is 13.5. The van der Waals surface area contributed by atoms with Gasteiger partial charge in [0.25, 0.3) is 0 Å². The first kappa shape index (κ1) is 21.2. The first-order chi connectivity index (χ1) is 15.7. The van der Waals surface area contributed by atoms with Crippen LogP contribution < -0.4 is 15.6 Å². The number of benzene rings is 2. The Balaban J connectivity index is 1.49. The monoisotopic (exact) mass is 437 g/mol. The van der Waals surface area contributed by atoms with Crippen LogP contribution in [-0.4, -0.2) is 47.8 Å². The van der Waals surface area contributed by atoms with E-state index in [0.29, 0.717) is 13.2 Å². The van der Waals surface area contributed by atoms with Gasteiger partial charge in [-0.25, -0.2) is 10.9 Å². The lowest BCUT2D eigenvalue weighted by Crippen LogP contribution is -2.43. The SMILES string of the molecule is CCCOc1ccc(C2C3C(NNC3c3ccccc3O)C(=O)N2CC2CCCO2)cc1. The fraction of sp³-hybridized carbons (Fsp3) is 0.480. The molecular formula is C25H31N3O4. The van der Waals surface area contributed by atoms with Crippen LogP contribution in [0.2, 0.25) is 0 Å². The van der Waals surface area contributed by atoms with Gasteiger partial charge in [-0.15, -0.1) is 0 Å². The van der Waals surface area contributed by atoms with E-state index in [1.54, 1.807) is 6.07 Å². The lowest BCUT2D eigenvalue weighted by atomic mass is 9.83. The normalized spacial score (nSPS) is 29.5. The Hall–Kier alpha value is -2.61. The van der Waals surface area contributed by atoms with Gasteiger partial charge in [-0.1, -0.05) is 37.3 Å². The van der Waals surface area contributed by atoms with Gasteiger partial charge >= 0.3 is 0 Å². The van der Waals surface area contributed by atoms with Crippen LogP contribution in [0.1, 0.15) is 49.4 Å². The van der Waals surface area contributed by atoms with Crippen molar-refractivity contribution in [2.75, 3.05) is 19.8 Å². The van der Waals surface area contributed by atoms with E-state index in [-0.39, 0.29) is 41.8 Å². The predicted octanol–water partition coefficient (Wildman–Crippen LogP) is 3.08. The molecule has 7 heteroatoms. The van der Waals surface area contributed by atoms with E-state index >= 15 is 0 Å². The zero-order valence-electron chi connectivity index (χ0n) is 18.4. The summed E-state index contributed by atoms with van der Waals surface area (Å²) in [5.41, 5.74) is 8.37. The van der Waals surface area contributed by atoms with Crippen molar-refractivity contribution in [3.8, 4) is 11.5 Å². The molecule has 2 aromatic rings. The predicted molar refractivity (Wildman–Crippen MR) is 120 cm³/mol. The summed E-state index contributed by atoms with van der Waals surface area (Å²) in [5, 5.41) is 10.5. The van der Waals surface area contributed by atoms with E-state index in [1.807, 2.05) is 35.2 Å². The molecule has 0 spiro atoms. The highest BCUT2D eigenvalue weighted by Crippen LogP contribution is 2.48. The molecule has 5 rings (SSSR count). The molecule has 2 aromatic carbocycles. The number of para-hydroxylation sites is 1. The van der Waals surface area contributed by atoms with Crippen LogP contribution in [0.15, 0.2) is 48.5 Å². The summed E-state index contributed by atoms with van der Waals surface area (Å²) in [5.74, 6) is 1.08. The Morgan fingerprint density at radius 3 is 2.62 bits per heavy atom. The number of phenols is 1. The molecule has 0 aliphatic carbocycles. The number of amides is 1. The zero-order valence-corrected chi connectivity index (χ0v) is 18.4. The number of phenolic OH excluding ortho intramolecular Hbond substituents is 1. The van der Waals surface area contributed by atoms with Crippen LogP contribution in [0.3, 0.4) is 0 Å². The summed E-state index contributed by atoms with van der Waals surface area (Å²) < 4.78 is 11.6. The third-order valence-corrected chi connectivity index (χ3v) is 6.80. The lowest BCUT2D eigenvalue weighted by Gasteiger charge is -2.32. The highest BCUT2D eigenvalue weighted by molar-refractivity contribution is 5.86. The molecular weight excluding hydrogens is 406 g/mol. The van der Waals surface area contributed by atoms with Crippen molar-refractivity contribution >= 4 is 5.91 Å². The second kappa shape index (κ2) is 9.10. The van der Waals surface area contributed by atoms with Gasteiger partial charge in [0.15, 0.2) is 0 Å². The molecule has 0 aromatic heterocycles. The highest BCUT2D eigenvalue weighted by Gasteiger charge is 2.56. The van der Waals surface area contributed by atoms with E-state index in [2.05, 4.69) is 29.9 Å². The largest absolute Gasteiger partial charge is 0.508 e. The van der Waals surface area contributed by atoms with E-state index in [4.69, 9.17) is 9.47 Å². The van der Waals surface area contributed by atoms with Gasteiger partial charge in [0.05, 0.1) is 24.8 Å². The van der Waals surface area contributed by atoms with Gasteiger partial charge in [-0.3, -0.25) is 4.79 Å². The van der Waals surface area contributed by atoms with Crippen LogP contribution in [-0.2, 0) is 9.53 Å². The maximum Gasteiger partial charge on any atom is 0.242 e. The molecule has 1 amide bonds. The van der Waals surface area contributed by atoms with Gasteiger partial charge in [-0.2, -0.15) is 0 Å². The van der Waals surface area contributed by atoms with Crippen molar-refractivity contribution < 1.29 is 19.4 Å². The molecule has 3 fully saturated rings. The van der Waals surface area contributed by atoms with Crippen molar-refractivity contribution in [3.63, 3.8) is 0 Å². The topological polar surface area (TPSA) is 83.1 Å². The van der Waals surface area contributed by atoms with Crippen LogP contribution in [0.4, 0.5) is 0 Å². The minimum atomic E-state index is -0.359. The quantitative estimate of drug-likeness (QED) is 0.618. The summed E-state index contributed by atoms with van der Waals surface area (Å²) in [7, 11) is 0. The van der Waals surface area contributed by atoms with Crippen LogP contribution >= 0.6 is 0 Å². The maximum absolute atomic E-state index is 13.5. The first-order valence-electron chi connectivity index (χ1n) is 11.6.